The molecule has 1 aromatic carbocycles. The van der Waals surface area contributed by atoms with Crippen molar-refractivity contribution in [3.8, 4) is 0 Å². The predicted molar refractivity (Wildman–Crippen MR) is 97.2 cm³/mol. The Morgan fingerprint density at radius 2 is 2.16 bits per heavy atom. The third-order valence-corrected chi connectivity index (χ3v) is 5.62. The van der Waals surface area contributed by atoms with Crippen molar-refractivity contribution in [2.24, 2.45) is 0 Å². The summed E-state index contributed by atoms with van der Waals surface area (Å²) in [6.07, 6.45) is 1.75. The molecular formula is C18H18FN3O2Se. The Bertz CT molecular complexity index is 858. The number of anilines is 1. The molecule has 0 unspecified atom stereocenters. The molecule has 2 aromatic rings. The van der Waals surface area contributed by atoms with E-state index in [0.717, 1.165) is 11.0 Å². The van der Waals surface area contributed by atoms with E-state index in [1.54, 1.807) is 18.2 Å². The molecule has 5 nitrogen and oxygen atoms in total. The molecule has 2 N–H and O–H groups in total. The van der Waals surface area contributed by atoms with Gasteiger partial charge in [0.05, 0.1) is 0 Å². The molecule has 7 heteroatoms. The second-order valence-electron chi connectivity index (χ2n) is 6.00. The van der Waals surface area contributed by atoms with Gasteiger partial charge in [-0.05, 0) is 0 Å². The standard InChI is InChI=1S/C18H18FN3O2Se/c1-22(2)6-5-20-17(23)11-7-13(25-10-11)9-15-14-8-12(19)3-4-16(14)21-18(15)24/h3-4,7-10H,5-6H2,1-2H3,(H,20,23)(H,21,24). The Labute approximate surface area is 151 Å². The van der Waals surface area contributed by atoms with Crippen LogP contribution in [0.5, 0.6) is 0 Å². The number of hydrogen-bond acceptors (Lipinski definition) is 3. The van der Waals surface area contributed by atoms with Gasteiger partial charge in [0.15, 0.2) is 0 Å². The zero-order valence-electron chi connectivity index (χ0n) is 13.9. The first-order valence-electron chi connectivity index (χ1n) is 7.78. The fourth-order valence-electron chi connectivity index (χ4n) is 2.49. The Balaban J connectivity index is 1.77. The Morgan fingerprint density at radius 1 is 1.36 bits per heavy atom. The quantitative estimate of drug-likeness (QED) is 0.587. The molecular weight excluding hydrogens is 388 g/mol. The number of benzene rings is 1. The second kappa shape index (κ2) is 7.35. The van der Waals surface area contributed by atoms with Crippen LogP contribution in [0, 0.1) is 5.82 Å². The van der Waals surface area contributed by atoms with Crippen molar-refractivity contribution >= 4 is 43.7 Å². The molecule has 0 saturated carbocycles. The van der Waals surface area contributed by atoms with E-state index < -0.39 is 0 Å². The van der Waals surface area contributed by atoms with Crippen molar-refractivity contribution in [3.63, 3.8) is 0 Å². The van der Waals surface area contributed by atoms with Gasteiger partial charge in [-0.3, -0.25) is 0 Å². The summed E-state index contributed by atoms with van der Waals surface area (Å²) in [5.74, 6) is -0.744. The summed E-state index contributed by atoms with van der Waals surface area (Å²) in [6.45, 7) is 1.35. The summed E-state index contributed by atoms with van der Waals surface area (Å²) < 4.78 is 14.4. The minimum absolute atomic E-state index is 0.0302. The molecule has 1 aliphatic heterocycles. The zero-order valence-corrected chi connectivity index (χ0v) is 15.6. The average Bonchev–Trinajstić information content (AvgIpc) is 3.13. The molecule has 0 saturated heterocycles. The Morgan fingerprint density at radius 3 is 2.92 bits per heavy atom. The van der Waals surface area contributed by atoms with Crippen LogP contribution in [0.4, 0.5) is 10.1 Å². The maximum absolute atomic E-state index is 13.5. The molecule has 0 bridgehead atoms. The number of carbonyl (C=O) groups excluding carboxylic acids is 2. The third kappa shape index (κ3) is 4.07. The number of nitrogens with zero attached hydrogens (tertiary/aromatic N) is 1. The van der Waals surface area contributed by atoms with Crippen LogP contribution in [0.15, 0.2) is 29.2 Å². The van der Waals surface area contributed by atoms with E-state index in [1.807, 2.05) is 23.9 Å². The molecule has 0 atom stereocenters. The summed E-state index contributed by atoms with van der Waals surface area (Å²) in [5, 5.41) is 5.59. The summed E-state index contributed by atoms with van der Waals surface area (Å²) in [6, 6.07) is 6.02. The molecule has 1 aromatic heterocycles. The first kappa shape index (κ1) is 17.6. The summed E-state index contributed by atoms with van der Waals surface area (Å²) >= 11 is -0.0302. The fourth-order valence-corrected chi connectivity index (χ4v) is 4.21. The molecule has 2 amide bonds. The van der Waals surface area contributed by atoms with Gasteiger partial charge in [0, 0.05) is 0 Å². The predicted octanol–water partition coefficient (Wildman–Crippen LogP) is 1.67. The minimum atomic E-state index is -0.383. The zero-order chi connectivity index (χ0) is 18.0. The van der Waals surface area contributed by atoms with Gasteiger partial charge in [0.2, 0.25) is 0 Å². The maximum atomic E-state index is 13.5. The first-order chi connectivity index (χ1) is 11.9. The molecule has 130 valence electrons. The number of carbonyl (C=O) groups is 2. The number of likely N-dealkylation sites (N-methyl/N-ethyl adjacent to an activating group) is 1. The van der Waals surface area contributed by atoms with Gasteiger partial charge in [-0.1, -0.05) is 0 Å². The van der Waals surface area contributed by atoms with E-state index in [4.69, 9.17) is 0 Å². The number of fused-ring (bicyclic) bond motifs is 1. The number of halogens is 1. The van der Waals surface area contributed by atoms with Crippen molar-refractivity contribution in [2.45, 2.75) is 0 Å². The number of nitrogens with one attached hydrogen (secondary N) is 2. The van der Waals surface area contributed by atoms with E-state index in [2.05, 4.69) is 10.6 Å². The van der Waals surface area contributed by atoms with Crippen molar-refractivity contribution in [2.75, 3.05) is 32.5 Å². The average molecular weight is 406 g/mol. The fraction of sp³-hybridized carbons (Fsp3) is 0.222. The van der Waals surface area contributed by atoms with Crippen LogP contribution in [0.1, 0.15) is 20.4 Å². The van der Waals surface area contributed by atoms with Gasteiger partial charge in [0.1, 0.15) is 0 Å². The van der Waals surface area contributed by atoms with Crippen molar-refractivity contribution < 1.29 is 14.0 Å². The van der Waals surface area contributed by atoms with Crippen molar-refractivity contribution in [1.82, 2.24) is 10.2 Å². The number of amides is 2. The Kier molecular flexibility index (Phi) is 5.18. The van der Waals surface area contributed by atoms with Crippen LogP contribution < -0.4 is 10.6 Å². The van der Waals surface area contributed by atoms with E-state index >= 15 is 0 Å². The van der Waals surface area contributed by atoms with Crippen LogP contribution in [0.25, 0.3) is 11.6 Å². The molecule has 0 fully saturated rings. The van der Waals surface area contributed by atoms with Crippen molar-refractivity contribution in [3.05, 3.63) is 50.6 Å². The third-order valence-electron chi connectivity index (χ3n) is 3.78. The number of hydrogen-bond donors (Lipinski definition) is 2. The van der Waals surface area contributed by atoms with E-state index in [1.165, 1.54) is 12.1 Å². The molecule has 0 spiro atoms. The molecule has 0 radical (unpaired) electrons. The van der Waals surface area contributed by atoms with Gasteiger partial charge in [-0.15, -0.1) is 0 Å². The van der Waals surface area contributed by atoms with E-state index in [9.17, 15) is 14.0 Å². The van der Waals surface area contributed by atoms with Crippen molar-refractivity contribution in [1.29, 1.82) is 0 Å². The number of rotatable bonds is 5. The molecule has 2 heterocycles. The van der Waals surface area contributed by atoms with Gasteiger partial charge in [0.25, 0.3) is 0 Å². The topological polar surface area (TPSA) is 61.4 Å². The van der Waals surface area contributed by atoms with Gasteiger partial charge in [-0.25, -0.2) is 0 Å². The van der Waals surface area contributed by atoms with Crippen LogP contribution in [0.2, 0.25) is 0 Å². The van der Waals surface area contributed by atoms with Crippen LogP contribution in [-0.4, -0.2) is 58.4 Å². The Hall–Kier alpha value is -2.21. The monoisotopic (exact) mass is 407 g/mol. The van der Waals surface area contributed by atoms with Crippen LogP contribution in [0.3, 0.4) is 0 Å². The van der Waals surface area contributed by atoms with Crippen LogP contribution in [-0.2, 0) is 4.79 Å². The van der Waals surface area contributed by atoms with Gasteiger partial charge < -0.3 is 0 Å². The van der Waals surface area contributed by atoms with Crippen LogP contribution >= 0.6 is 0 Å². The first-order valence-corrected chi connectivity index (χ1v) is 9.63. The van der Waals surface area contributed by atoms with E-state index in [-0.39, 0.29) is 32.1 Å². The molecule has 1 aliphatic rings. The summed E-state index contributed by atoms with van der Waals surface area (Å²) in [5.41, 5.74) is 2.22. The summed E-state index contributed by atoms with van der Waals surface area (Å²) in [7, 11) is 3.89. The SMILES string of the molecule is CN(C)CCNC(=O)c1c[se]c(C=C2C(=O)Nc3ccc(F)cc32)c1. The van der Waals surface area contributed by atoms with E-state index in [0.29, 0.717) is 28.9 Å². The van der Waals surface area contributed by atoms with Gasteiger partial charge >= 0.3 is 151 Å². The molecule has 0 aliphatic carbocycles. The normalized spacial score (nSPS) is 14.7. The summed E-state index contributed by atoms with van der Waals surface area (Å²) in [4.78, 5) is 28.1. The molecule has 25 heavy (non-hydrogen) atoms. The second-order valence-corrected chi connectivity index (χ2v) is 7.98. The molecule has 3 rings (SSSR count). The van der Waals surface area contributed by atoms with Gasteiger partial charge in [-0.2, -0.15) is 0 Å².